The number of amides is 1. The summed E-state index contributed by atoms with van der Waals surface area (Å²) in [6.45, 7) is 0.945. The Morgan fingerprint density at radius 2 is 2.19 bits per heavy atom. The van der Waals surface area contributed by atoms with E-state index >= 15 is 0 Å². The lowest BCUT2D eigenvalue weighted by atomic mass is 10.2. The Balaban J connectivity index is 2.02. The van der Waals surface area contributed by atoms with Crippen LogP contribution >= 0.6 is 0 Å². The largest absolute Gasteiger partial charge is 0.464 e. The summed E-state index contributed by atoms with van der Waals surface area (Å²) in [5.74, 6) is -0.0206. The van der Waals surface area contributed by atoms with Gasteiger partial charge in [-0.2, -0.15) is 0 Å². The number of rotatable bonds is 4. The first-order valence-corrected chi connectivity index (χ1v) is 5.17. The Kier molecular flexibility index (Phi) is 3.22. The van der Waals surface area contributed by atoms with Crippen LogP contribution in [0.15, 0.2) is 34.9 Å². The van der Waals surface area contributed by atoms with Crippen molar-refractivity contribution < 1.29 is 9.21 Å². The average Bonchev–Trinajstić information content (AvgIpc) is 2.73. The molecule has 0 bridgehead atoms. The predicted molar refractivity (Wildman–Crippen MR) is 62.0 cm³/mol. The van der Waals surface area contributed by atoms with E-state index in [0.717, 1.165) is 16.5 Å². The first kappa shape index (κ1) is 10.7. The van der Waals surface area contributed by atoms with Gasteiger partial charge in [0.25, 0.3) is 0 Å². The minimum Gasteiger partial charge on any atom is -0.464 e. The van der Waals surface area contributed by atoms with Crippen LogP contribution in [0.25, 0.3) is 11.0 Å². The second kappa shape index (κ2) is 4.81. The molecule has 1 amide bonds. The monoisotopic (exact) mass is 218 g/mol. The maximum Gasteiger partial charge on any atom is 0.233 e. The van der Waals surface area contributed by atoms with Crippen molar-refractivity contribution in [3.8, 4) is 0 Å². The SMILES string of the molecule is CNC(=O)CNCc1coc2ccccc12. The van der Waals surface area contributed by atoms with E-state index in [4.69, 9.17) is 4.42 Å². The van der Waals surface area contributed by atoms with Crippen LogP contribution in [0.2, 0.25) is 0 Å². The van der Waals surface area contributed by atoms with Gasteiger partial charge in [0.05, 0.1) is 12.8 Å². The highest BCUT2D eigenvalue weighted by Crippen LogP contribution is 2.20. The maximum atomic E-state index is 11.0. The molecule has 0 spiro atoms. The lowest BCUT2D eigenvalue weighted by molar-refractivity contribution is -0.119. The standard InChI is InChI=1S/C12H14N2O2/c1-13-12(15)7-14-6-9-8-16-11-5-3-2-4-10(9)11/h2-5,8,14H,6-7H2,1H3,(H,13,15). The fourth-order valence-electron chi connectivity index (χ4n) is 1.57. The number of hydrogen-bond donors (Lipinski definition) is 2. The van der Waals surface area contributed by atoms with Gasteiger partial charge >= 0.3 is 0 Å². The van der Waals surface area contributed by atoms with E-state index < -0.39 is 0 Å². The molecule has 2 rings (SSSR count). The molecule has 0 aliphatic heterocycles. The van der Waals surface area contributed by atoms with E-state index in [1.54, 1.807) is 13.3 Å². The first-order valence-electron chi connectivity index (χ1n) is 5.17. The zero-order valence-corrected chi connectivity index (χ0v) is 9.12. The van der Waals surface area contributed by atoms with Crippen LogP contribution in [0.5, 0.6) is 0 Å². The number of fused-ring (bicyclic) bond motifs is 1. The predicted octanol–water partition coefficient (Wildman–Crippen LogP) is 1.27. The van der Waals surface area contributed by atoms with Crippen molar-refractivity contribution in [3.63, 3.8) is 0 Å². The van der Waals surface area contributed by atoms with Crippen LogP contribution in [0.1, 0.15) is 5.56 Å². The lowest BCUT2D eigenvalue weighted by Crippen LogP contribution is -2.30. The smallest absolute Gasteiger partial charge is 0.233 e. The Morgan fingerprint density at radius 1 is 1.38 bits per heavy atom. The fraction of sp³-hybridized carbons (Fsp3) is 0.250. The molecule has 0 saturated carbocycles. The zero-order chi connectivity index (χ0) is 11.4. The van der Waals surface area contributed by atoms with Crippen LogP contribution in [-0.2, 0) is 11.3 Å². The Bertz CT molecular complexity index is 490. The van der Waals surface area contributed by atoms with Gasteiger partial charge in [-0.05, 0) is 6.07 Å². The number of benzene rings is 1. The number of carbonyl (C=O) groups is 1. The molecule has 1 aromatic heterocycles. The normalized spacial score (nSPS) is 10.6. The summed E-state index contributed by atoms with van der Waals surface area (Å²) in [4.78, 5) is 11.0. The number of furan rings is 1. The van der Waals surface area contributed by atoms with Crippen molar-refractivity contribution in [3.05, 3.63) is 36.1 Å². The van der Waals surface area contributed by atoms with E-state index in [0.29, 0.717) is 13.1 Å². The Hall–Kier alpha value is -1.81. The van der Waals surface area contributed by atoms with Gasteiger partial charge in [-0.3, -0.25) is 4.79 Å². The molecule has 4 heteroatoms. The summed E-state index contributed by atoms with van der Waals surface area (Å²) in [6, 6.07) is 7.85. The van der Waals surface area contributed by atoms with E-state index in [2.05, 4.69) is 10.6 Å². The molecule has 0 unspecified atom stereocenters. The van der Waals surface area contributed by atoms with E-state index in [1.807, 2.05) is 24.3 Å². The molecule has 0 aliphatic rings. The third kappa shape index (κ3) is 2.23. The highest BCUT2D eigenvalue weighted by atomic mass is 16.3. The molecule has 0 fully saturated rings. The van der Waals surface area contributed by atoms with Crippen molar-refractivity contribution in [2.75, 3.05) is 13.6 Å². The van der Waals surface area contributed by atoms with Gasteiger partial charge in [-0.15, -0.1) is 0 Å². The van der Waals surface area contributed by atoms with Gasteiger partial charge in [0.1, 0.15) is 5.58 Å². The molecule has 2 N–H and O–H groups in total. The van der Waals surface area contributed by atoms with Crippen molar-refractivity contribution in [2.24, 2.45) is 0 Å². The molecule has 0 atom stereocenters. The number of hydrogen-bond acceptors (Lipinski definition) is 3. The van der Waals surface area contributed by atoms with Gasteiger partial charge in [-0.25, -0.2) is 0 Å². The Labute approximate surface area is 93.6 Å². The first-order chi connectivity index (χ1) is 7.81. The summed E-state index contributed by atoms with van der Waals surface area (Å²) in [7, 11) is 1.62. The van der Waals surface area contributed by atoms with E-state index in [9.17, 15) is 4.79 Å². The minimum atomic E-state index is -0.0206. The van der Waals surface area contributed by atoms with Crippen LogP contribution in [0.4, 0.5) is 0 Å². The molecular formula is C12H14N2O2. The minimum absolute atomic E-state index is 0.0206. The molecule has 16 heavy (non-hydrogen) atoms. The van der Waals surface area contributed by atoms with Crippen LogP contribution in [-0.4, -0.2) is 19.5 Å². The summed E-state index contributed by atoms with van der Waals surface area (Å²) in [5.41, 5.74) is 1.94. The lowest BCUT2D eigenvalue weighted by Gasteiger charge is -2.01. The second-order valence-corrected chi connectivity index (χ2v) is 3.53. The van der Waals surface area contributed by atoms with E-state index in [1.165, 1.54) is 0 Å². The van der Waals surface area contributed by atoms with Crippen LogP contribution < -0.4 is 10.6 Å². The van der Waals surface area contributed by atoms with Gasteiger partial charge in [0.15, 0.2) is 0 Å². The van der Waals surface area contributed by atoms with Crippen molar-refractivity contribution in [1.29, 1.82) is 0 Å². The van der Waals surface area contributed by atoms with Crippen LogP contribution in [0.3, 0.4) is 0 Å². The van der Waals surface area contributed by atoms with Gasteiger partial charge in [0.2, 0.25) is 5.91 Å². The number of nitrogens with one attached hydrogen (secondary N) is 2. The molecule has 0 saturated heterocycles. The van der Waals surface area contributed by atoms with Crippen LogP contribution in [0, 0.1) is 0 Å². The third-order valence-corrected chi connectivity index (χ3v) is 2.44. The molecule has 84 valence electrons. The summed E-state index contributed by atoms with van der Waals surface area (Å²) < 4.78 is 5.39. The number of likely N-dealkylation sites (N-methyl/N-ethyl adjacent to an activating group) is 1. The van der Waals surface area contributed by atoms with Gasteiger partial charge in [0, 0.05) is 24.5 Å². The summed E-state index contributed by atoms with van der Waals surface area (Å²) in [6.07, 6.45) is 1.72. The summed E-state index contributed by atoms with van der Waals surface area (Å²) in [5, 5.41) is 6.71. The van der Waals surface area contributed by atoms with Gasteiger partial charge < -0.3 is 15.1 Å². The maximum absolute atomic E-state index is 11.0. The quantitative estimate of drug-likeness (QED) is 0.812. The average molecular weight is 218 g/mol. The zero-order valence-electron chi connectivity index (χ0n) is 9.12. The second-order valence-electron chi connectivity index (χ2n) is 3.53. The molecule has 1 heterocycles. The van der Waals surface area contributed by atoms with Crippen molar-refractivity contribution in [2.45, 2.75) is 6.54 Å². The molecule has 1 aromatic carbocycles. The third-order valence-electron chi connectivity index (χ3n) is 2.44. The topological polar surface area (TPSA) is 54.3 Å². The fourth-order valence-corrected chi connectivity index (χ4v) is 1.57. The highest BCUT2D eigenvalue weighted by molar-refractivity contribution is 5.81. The number of carbonyl (C=O) groups excluding carboxylic acids is 1. The Morgan fingerprint density at radius 3 is 3.00 bits per heavy atom. The molecule has 4 nitrogen and oxygen atoms in total. The molecule has 2 aromatic rings. The summed E-state index contributed by atoms with van der Waals surface area (Å²) >= 11 is 0. The molecular weight excluding hydrogens is 204 g/mol. The number of para-hydroxylation sites is 1. The van der Waals surface area contributed by atoms with Crippen molar-refractivity contribution >= 4 is 16.9 Å². The molecule has 0 radical (unpaired) electrons. The van der Waals surface area contributed by atoms with E-state index in [-0.39, 0.29) is 5.91 Å². The van der Waals surface area contributed by atoms with Gasteiger partial charge in [-0.1, -0.05) is 18.2 Å². The molecule has 0 aliphatic carbocycles. The highest BCUT2D eigenvalue weighted by Gasteiger charge is 2.04. The van der Waals surface area contributed by atoms with Crippen molar-refractivity contribution in [1.82, 2.24) is 10.6 Å².